The molecule has 5 nitrogen and oxygen atoms in total. The number of carbonyl (C=O) groups excluding carboxylic acids is 1. The maximum Gasteiger partial charge on any atom is 0.158 e. The quantitative estimate of drug-likeness (QED) is 0.846. The van der Waals surface area contributed by atoms with Crippen LogP contribution in [-0.4, -0.2) is 20.8 Å². The highest BCUT2D eigenvalue weighted by atomic mass is 16.1. The van der Waals surface area contributed by atoms with Gasteiger partial charge in [-0.25, -0.2) is 4.68 Å². The number of rotatable bonds is 5. The third kappa shape index (κ3) is 3.24. The number of hydrogen-bond donors (Lipinski definition) is 1. The van der Waals surface area contributed by atoms with Gasteiger partial charge in [-0.05, 0) is 12.5 Å². The first-order valence-corrected chi connectivity index (χ1v) is 5.83. The van der Waals surface area contributed by atoms with Gasteiger partial charge in [-0.15, -0.1) is 5.10 Å². The second-order valence-corrected chi connectivity index (χ2v) is 4.32. The third-order valence-electron chi connectivity index (χ3n) is 2.62. The molecule has 2 aromatic rings. The zero-order valence-electron chi connectivity index (χ0n) is 10.3. The number of carbonyl (C=O) groups is 1. The van der Waals surface area contributed by atoms with Gasteiger partial charge in [0, 0.05) is 13.0 Å². The van der Waals surface area contributed by atoms with Crippen molar-refractivity contribution in [3.63, 3.8) is 0 Å². The summed E-state index contributed by atoms with van der Waals surface area (Å²) in [6.07, 6.45) is 2.12. The number of aromatic nitrogens is 3. The van der Waals surface area contributed by atoms with Crippen molar-refractivity contribution in [1.29, 1.82) is 0 Å². The van der Waals surface area contributed by atoms with E-state index in [9.17, 15) is 4.79 Å². The monoisotopic (exact) mass is 244 g/mol. The lowest BCUT2D eigenvalue weighted by Gasteiger charge is -2.02. The number of nitrogens with zero attached hydrogens (tertiary/aromatic N) is 3. The van der Waals surface area contributed by atoms with Crippen LogP contribution in [0, 0.1) is 6.92 Å². The molecule has 0 fully saturated rings. The summed E-state index contributed by atoms with van der Waals surface area (Å²) < 4.78 is 1.53. The zero-order chi connectivity index (χ0) is 13.0. The minimum atomic E-state index is 0.106. The first kappa shape index (κ1) is 12.4. The molecule has 1 aromatic heterocycles. The van der Waals surface area contributed by atoms with E-state index in [0.717, 1.165) is 11.1 Å². The smallest absolute Gasteiger partial charge is 0.158 e. The first-order valence-electron chi connectivity index (χ1n) is 5.83. The summed E-state index contributed by atoms with van der Waals surface area (Å²) in [6, 6.07) is 7.95. The van der Waals surface area contributed by atoms with Crippen molar-refractivity contribution in [2.24, 2.45) is 5.73 Å². The Balaban J connectivity index is 1.96. The summed E-state index contributed by atoms with van der Waals surface area (Å²) in [7, 11) is 0. The second kappa shape index (κ2) is 5.55. The number of hydrogen-bond acceptors (Lipinski definition) is 4. The molecule has 1 heterocycles. The molecule has 0 unspecified atom stereocenters. The van der Waals surface area contributed by atoms with Crippen molar-refractivity contribution in [3.8, 4) is 0 Å². The fourth-order valence-electron chi connectivity index (χ4n) is 1.80. The molecule has 0 saturated heterocycles. The minimum Gasteiger partial charge on any atom is -0.325 e. The van der Waals surface area contributed by atoms with E-state index in [1.165, 1.54) is 4.68 Å². The van der Waals surface area contributed by atoms with Crippen LogP contribution in [-0.2, 0) is 24.3 Å². The van der Waals surface area contributed by atoms with Gasteiger partial charge in [0.1, 0.15) is 6.54 Å². The molecule has 0 spiro atoms. The average Bonchev–Trinajstić information content (AvgIpc) is 2.76. The third-order valence-corrected chi connectivity index (χ3v) is 2.62. The average molecular weight is 244 g/mol. The van der Waals surface area contributed by atoms with Gasteiger partial charge in [-0.2, -0.15) is 0 Å². The molecule has 0 radical (unpaired) electrons. The molecule has 94 valence electrons. The van der Waals surface area contributed by atoms with Gasteiger partial charge in [0.25, 0.3) is 0 Å². The molecule has 0 amide bonds. The molecule has 2 rings (SSSR count). The van der Waals surface area contributed by atoms with Crippen LogP contribution >= 0.6 is 0 Å². The molecule has 1 aromatic carbocycles. The number of ketones is 1. The Morgan fingerprint density at radius 1 is 1.44 bits per heavy atom. The van der Waals surface area contributed by atoms with Gasteiger partial charge in [-0.3, -0.25) is 4.79 Å². The lowest BCUT2D eigenvalue weighted by Crippen LogP contribution is -2.13. The van der Waals surface area contributed by atoms with E-state index >= 15 is 0 Å². The van der Waals surface area contributed by atoms with E-state index in [-0.39, 0.29) is 12.3 Å². The zero-order valence-corrected chi connectivity index (χ0v) is 10.3. The van der Waals surface area contributed by atoms with Crippen molar-refractivity contribution < 1.29 is 4.79 Å². The Bertz CT molecular complexity index is 547. The van der Waals surface area contributed by atoms with E-state index in [0.29, 0.717) is 18.7 Å². The Morgan fingerprint density at radius 2 is 2.28 bits per heavy atom. The first-order chi connectivity index (χ1) is 8.67. The van der Waals surface area contributed by atoms with Gasteiger partial charge < -0.3 is 5.73 Å². The standard InChI is InChI=1S/C13H16N4O/c1-10-3-2-4-11(5-10)6-13(18)9-17-8-12(7-14)15-16-17/h2-5,8H,6-7,9,14H2,1H3. The SMILES string of the molecule is Cc1cccc(CC(=O)Cn2cc(CN)nn2)c1. The summed E-state index contributed by atoms with van der Waals surface area (Å²) in [5.74, 6) is 0.106. The molecule has 0 atom stereocenters. The predicted octanol–water partition coefficient (Wildman–Crippen LogP) is 0.857. The number of benzene rings is 1. The molecule has 0 aliphatic heterocycles. The predicted molar refractivity (Wildman–Crippen MR) is 67.8 cm³/mol. The summed E-state index contributed by atoms with van der Waals surface area (Å²) in [6.45, 7) is 2.59. The van der Waals surface area contributed by atoms with Crippen molar-refractivity contribution >= 4 is 5.78 Å². The van der Waals surface area contributed by atoms with Crippen molar-refractivity contribution in [1.82, 2.24) is 15.0 Å². The highest BCUT2D eigenvalue weighted by molar-refractivity contribution is 5.80. The van der Waals surface area contributed by atoms with Crippen LogP contribution in [0.15, 0.2) is 30.5 Å². The van der Waals surface area contributed by atoms with E-state index in [1.807, 2.05) is 31.2 Å². The van der Waals surface area contributed by atoms with Gasteiger partial charge >= 0.3 is 0 Å². The Kier molecular flexibility index (Phi) is 3.84. The van der Waals surface area contributed by atoms with Gasteiger partial charge in [0.2, 0.25) is 0 Å². The van der Waals surface area contributed by atoms with Crippen LogP contribution in [0.5, 0.6) is 0 Å². The molecule has 0 bridgehead atoms. The molecule has 0 saturated carbocycles. The van der Waals surface area contributed by atoms with Crippen LogP contribution in [0.25, 0.3) is 0 Å². The summed E-state index contributed by atoms with van der Waals surface area (Å²) in [4.78, 5) is 11.9. The van der Waals surface area contributed by atoms with Gasteiger partial charge in [0.15, 0.2) is 5.78 Å². The molecule has 18 heavy (non-hydrogen) atoms. The molecule has 0 aliphatic carbocycles. The molecular formula is C13H16N4O. The maximum atomic E-state index is 11.9. The van der Waals surface area contributed by atoms with E-state index in [4.69, 9.17) is 5.73 Å². The minimum absolute atomic E-state index is 0.106. The largest absolute Gasteiger partial charge is 0.325 e. The maximum absolute atomic E-state index is 11.9. The molecule has 5 heteroatoms. The fourth-order valence-corrected chi connectivity index (χ4v) is 1.80. The summed E-state index contributed by atoms with van der Waals surface area (Å²) in [5, 5.41) is 7.70. The topological polar surface area (TPSA) is 73.8 Å². The Labute approximate surface area is 106 Å². The van der Waals surface area contributed by atoms with Crippen LogP contribution in [0.4, 0.5) is 0 Å². The molecule has 0 aliphatic rings. The molecular weight excluding hydrogens is 228 g/mol. The van der Waals surface area contributed by atoms with Crippen LogP contribution < -0.4 is 5.73 Å². The van der Waals surface area contributed by atoms with Crippen molar-refractivity contribution in [3.05, 3.63) is 47.3 Å². The Hall–Kier alpha value is -2.01. The summed E-state index contributed by atoms with van der Waals surface area (Å²) in [5.41, 5.74) is 8.31. The lowest BCUT2D eigenvalue weighted by atomic mass is 10.1. The highest BCUT2D eigenvalue weighted by Gasteiger charge is 2.07. The summed E-state index contributed by atoms with van der Waals surface area (Å²) >= 11 is 0. The van der Waals surface area contributed by atoms with Gasteiger partial charge in [0.05, 0.1) is 11.9 Å². The fraction of sp³-hybridized carbons (Fsp3) is 0.308. The normalized spacial score (nSPS) is 10.6. The number of aryl methyl sites for hydroxylation is 1. The van der Waals surface area contributed by atoms with Crippen LogP contribution in [0.2, 0.25) is 0 Å². The number of nitrogens with two attached hydrogens (primary N) is 1. The van der Waals surface area contributed by atoms with Crippen LogP contribution in [0.3, 0.4) is 0 Å². The van der Waals surface area contributed by atoms with Crippen molar-refractivity contribution in [2.75, 3.05) is 0 Å². The molecule has 2 N–H and O–H groups in total. The van der Waals surface area contributed by atoms with E-state index in [2.05, 4.69) is 10.3 Å². The number of Topliss-reactive ketones (excluding diaryl/α,β-unsaturated/α-hetero) is 1. The van der Waals surface area contributed by atoms with Gasteiger partial charge in [-0.1, -0.05) is 35.0 Å². The van der Waals surface area contributed by atoms with Crippen LogP contribution in [0.1, 0.15) is 16.8 Å². The van der Waals surface area contributed by atoms with Crippen molar-refractivity contribution in [2.45, 2.75) is 26.4 Å². The second-order valence-electron chi connectivity index (χ2n) is 4.32. The Morgan fingerprint density at radius 3 is 2.94 bits per heavy atom. The van der Waals surface area contributed by atoms with E-state index < -0.39 is 0 Å². The van der Waals surface area contributed by atoms with E-state index in [1.54, 1.807) is 6.20 Å². The highest BCUT2D eigenvalue weighted by Crippen LogP contribution is 2.05. The lowest BCUT2D eigenvalue weighted by molar-refractivity contribution is -0.119.